The summed E-state index contributed by atoms with van der Waals surface area (Å²) in [6.45, 7) is 15.6. The van der Waals surface area contributed by atoms with Crippen LogP contribution in [-0.4, -0.2) is 30.5 Å². The molecule has 0 unspecified atom stereocenters. The minimum Gasteiger partial charge on any atom is -0.437 e. The van der Waals surface area contributed by atoms with E-state index in [1.165, 1.54) is 0 Å². The predicted octanol–water partition coefficient (Wildman–Crippen LogP) is 4.16. The van der Waals surface area contributed by atoms with Crippen molar-refractivity contribution in [3.8, 4) is 0 Å². The Hall–Kier alpha value is 1.05. The fourth-order valence-corrected chi connectivity index (χ4v) is 15.8. The largest absolute Gasteiger partial charge is 0.437 e. The number of rotatable bonds is 6. The van der Waals surface area contributed by atoms with Crippen LogP contribution < -0.4 is 0 Å². The summed E-state index contributed by atoms with van der Waals surface area (Å²) in [5.41, 5.74) is 0. The maximum Gasteiger partial charge on any atom is 0.315 e. The first kappa shape index (κ1) is 16.1. The number of hydrogen-bond acceptors (Lipinski definition) is 2. The monoisotopic (exact) mass is 328 g/mol. The number of halogens is 1. The first-order valence-corrected chi connectivity index (χ1v) is 15.9. The highest BCUT2D eigenvalue weighted by molar-refractivity contribution is 9.09. The summed E-state index contributed by atoms with van der Waals surface area (Å²) in [6.07, 6.45) is 0. The lowest BCUT2D eigenvalue weighted by atomic mass is 11.0. The molecule has 2 nitrogen and oxygen atoms in total. The third-order valence-corrected chi connectivity index (χ3v) is 12.2. The Kier molecular flexibility index (Phi) is 5.98. The molecular formula is C9H25BrO2Si3. The Labute approximate surface area is 106 Å². The third-order valence-electron chi connectivity index (χ3n) is 1.59. The molecule has 0 aliphatic heterocycles. The summed E-state index contributed by atoms with van der Waals surface area (Å²) < 4.78 is 12.6. The van der Waals surface area contributed by atoms with Crippen molar-refractivity contribution in [3.63, 3.8) is 0 Å². The Morgan fingerprint density at radius 2 is 1.13 bits per heavy atom. The summed E-state index contributed by atoms with van der Waals surface area (Å²) in [5, 5.41) is 0.977. The van der Waals surface area contributed by atoms with Crippen molar-refractivity contribution in [1.29, 1.82) is 0 Å². The maximum absolute atomic E-state index is 6.30. The quantitative estimate of drug-likeness (QED) is 0.538. The molecule has 0 heterocycles. The van der Waals surface area contributed by atoms with E-state index < -0.39 is 25.2 Å². The fraction of sp³-hybridized carbons (Fsp3) is 1.00. The first-order valence-electron chi connectivity index (χ1n) is 5.44. The molecule has 0 bridgehead atoms. The van der Waals surface area contributed by atoms with Crippen molar-refractivity contribution in [2.45, 2.75) is 51.9 Å². The van der Waals surface area contributed by atoms with Gasteiger partial charge in [-0.15, -0.1) is 0 Å². The van der Waals surface area contributed by atoms with E-state index in [4.69, 9.17) is 8.23 Å². The van der Waals surface area contributed by atoms with Crippen LogP contribution in [0.25, 0.3) is 0 Å². The molecule has 0 rings (SSSR count). The normalized spacial score (nSPS) is 14.4. The van der Waals surface area contributed by atoms with E-state index >= 15 is 0 Å². The van der Waals surface area contributed by atoms with Crippen molar-refractivity contribution < 1.29 is 8.23 Å². The average Bonchev–Trinajstić information content (AvgIpc) is 1.74. The molecule has 15 heavy (non-hydrogen) atoms. The molecular weight excluding hydrogens is 304 g/mol. The second-order valence-electron chi connectivity index (χ2n) is 6.00. The maximum atomic E-state index is 6.30. The van der Waals surface area contributed by atoms with Gasteiger partial charge < -0.3 is 8.23 Å². The predicted molar refractivity (Wildman–Crippen MR) is 79.1 cm³/mol. The van der Waals surface area contributed by atoms with Gasteiger partial charge in [-0.05, 0) is 51.9 Å². The molecule has 6 heteroatoms. The Bertz CT molecular complexity index is 183. The molecule has 0 saturated carbocycles. The Balaban J connectivity index is 4.59. The van der Waals surface area contributed by atoms with Gasteiger partial charge in [-0.1, -0.05) is 15.9 Å². The van der Waals surface area contributed by atoms with Crippen molar-refractivity contribution in [2.24, 2.45) is 0 Å². The zero-order chi connectivity index (χ0) is 12.3. The van der Waals surface area contributed by atoms with Crippen molar-refractivity contribution >= 4 is 41.1 Å². The Morgan fingerprint density at radius 3 is 1.33 bits per heavy atom. The highest BCUT2D eigenvalue weighted by Crippen LogP contribution is 2.24. The minimum atomic E-state index is -1.94. The van der Waals surface area contributed by atoms with Gasteiger partial charge in [0.05, 0.1) is 0 Å². The van der Waals surface area contributed by atoms with Gasteiger partial charge in [-0.25, -0.2) is 0 Å². The molecule has 0 aliphatic rings. The van der Waals surface area contributed by atoms with Gasteiger partial charge in [0.2, 0.25) is 0 Å². The lowest BCUT2D eigenvalue weighted by Gasteiger charge is -2.38. The summed E-state index contributed by atoms with van der Waals surface area (Å²) in [7, 11) is -4.93. The first-order chi connectivity index (χ1) is 6.47. The molecule has 0 aromatic rings. The van der Waals surface area contributed by atoms with E-state index in [0.717, 1.165) is 11.4 Å². The molecule has 92 valence electrons. The summed E-state index contributed by atoms with van der Waals surface area (Å²) in [4.78, 5) is 0. The van der Waals surface area contributed by atoms with Crippen LogP contribution in [0.4, 0.5) is 0 Å². The van der Waals surface area contributed by atoms with Crippen molar-refractivity contribution in [2.75, 3.05) is 5.33 Å². The van der Waals surface area contributed by atoms with Crippen LogP contribution in [-0.2, 0) is 8.23 Å². The molecule has 0 aromatic carbocycles. The van der Waals surface area contributed by atoms with Crippen LogP contribution in [0.1, 0.15) is 0 Å². The van der Waals surface area contributed by atoms with E-state index in [1.807, 2.05) is 0 Å². The van der Waals surface area contributed by atoms with E-state index in [0.29, 0.717) is 0 Å². The van der Waals surface area contributed by atoms with Gasteiger partial charge in [0, 0.05) is 5.33 Å². The summed E-state index contributed by atoms with van der Waals surface area (Å²) >= 11 is 3.51. The number of hydrogen-bond donors (Lipinski definition) is 0. The fourth-order valence-electron chi connectivity index (χ4n) is 1.59. The minimum absolute atomic E-state index is 0.977. The van der Waals surface area contributed by atoms with Gasteiger partial charge in [0.1, 0.15) is 0 Å². The van der Waals surface area contributed by atoms with Gasteiger partial charge in [-0.2, -0.15) is 0 Å². The van der Waals surface area contributed by atoms with Crippen LogP contribution in [0.5, 0.6) is 0 Å². The SMILES string of the molecule is C[Si](C)(C)O[Si](C)(CCBr)O[Si](C)(C)C. The van der Waals surface area contributed by atoms with Crippen LogP contribution in [0.2, 0.25) is 51.9 Å². The molecule has 0 radical (unpaired) electrons. The zero-order valence-corrected chi connectivity index (χ0v) is 15.7. The van der Waals surface area contributed by atoms with Crippen LogP contribution in [0, 0.1) is 0 Å². The standard InChI is InChI=1S/C9H25BrO2Si3/c1-13(2,3)11-15(7,9-8-10)12-14(4,5)6/h8-9H2,1-7H3. The average molecular weight is 329 g/mol. The van der Waals surface area contributed by atoms with Gasteiger partial charge in [0.25, 0.3) is 0 Å². The van der Waals surface area contributed by atoms with E-state index in [1.54, 1.807) is 0 Å². The molecule has 0 amide bonds. The second kappa shape index (κ2) is 5.59. The zero-order valence-electron chi connectivity index (χ0n) is 11.1. The molecule has 0 atom stereocenters. The molecule has 0 N–H and O–H groups in total. The van der Waals surface area contributed by atoms with Gasteiger partial charge >= 0.3 is 8.56 Å². The van der Waals surface area contributed by atoms with Crippen molar-refractivity contribution in [3.05, 3.63) is 0 Å². The smallest absolute Gasteiger partial charge is 0.315 e. The van der Waals surface area contributed by atoms with Crippen molar-refractivity contribution in [1.82, 2.24) is 0 Å². The van der Waals surface area contributed by atoms with Gasteiger partial charge in [0.15, 0.2) is 16.6 Å². The number of alkyl halides is 1. The highest BCUT2D eigenvalue weighted by Gasteiger charge is 2.39. The van der Waals surface area contributed by atoms with Crippen LogP contribution in [0.3, 0.4) is 0 Å². The highest BCUT2D eigenvalue weighted by atomic mass is 79.9. The lowest BCUT2D eigenvalue weighted by molar-refractivity contribution is 0.387. The molecule has 0 spiro atoms. The summed E-state index contributed by atoms with van der Waals surface area (Å²) in [5.74, 6) is 0. The van der Waals surface area contributed by atoms with Gasteiger partial charge in [-0.3, -0.25) is 0 Å². The lowest BCUT2D eigenvalue weighted by Crippen LogP contribution is -2.52. The van der Waals surface area contributed by atoms with E-state index in [-0.39, 0.29) is 0 Å². The molecule has 0 saturated heterocycles. The molecule has 0 fully saturated rings. The van der Waals surface area contributed by atoms with Crippen LogP contribution >= 0.6 is 15.9 Å². The molecule has 0 aliphatic carbocycles. The summed E-state index contributed by atoms with van der Waals surface area (Å²) in [6, 6.07) is 1.04. The van der Waals surface area contributed by atoms with Crippen LogP contribution in [0.15, 0.2) is 0 Å². The topological polar surface area (TPSA) is 18.5 Å². The second-order valence-corrected chi connectivity index (χ2v) is 19.6. The molecule has 0 aromatic heterocycles. The Morgan fingerprint density at radius 1 is 0.800 bits per heavy atom. The van der Waals surface area contributed by atoms with E-state index in [9.17, 15) is 0 Å². The third kappa shape index (κ3) is 8.82. The van der Waals surface area contributed by atoms with E-state index in [2.05, 4.69) is 61.8 Å².